The third-order valence-corrected chi connectivity index (χ3v) is 7.98. The van der Waals surface area contributed by atoms with Gasteiger partial charge in [-0.05, 0) is 94.1 Å². The van der Waals surface area contributed by atoms with Crippen LogP contribution >= 0.6 is 0 Å². The van der Waals surface area contributed by atoms with Crippen molar-refractivity contribution in [3.8, 4) is 11.4 Å². The van der Waals surface area contributed by atoms with Gasteiger partial charge in [-0.3, -0.25) is 24.8 Å². The number of phenols is 1. The summed E-state index contributed by atoms with van der Waals surface area (Å²) in [4.78, 5) is 39.3. The van der Waals surface area contributed by atoms with Crippen LogP contribution in [-0.2, 0) is 4.79 Å². The van der Waals surface area contributed by atoms with Crippen LogP contribution in [0.5, 0.6) is 5.75 Å². The third-order valence-electron chi connectivity index (χ3n) is 7.98. The molecule has 1 amide bonds. The molecule has 0 aliphatic carbocycles. The van der Waals surface area contributed by atoms with Gasteiger partial charge in [-0.25, -0.2) is 9.69 Å². The number of rotatable bonds is 6. The van der Waals surface area contributed by atoms with Crippen molar-refractivity contribution in [1.82, 2.24) is 9.78 Å². The Morgan fingerprint density at radius 2 is 1.49 bits per heavy atom. The number of aryl methyl sites for hydroxylation is 5. The van der Waals surface area contributed by atoms with E-state index in [1.165, 1.54) is 27.9 Å². The number of amides is 1. The van der Waals surface area contributed by atoms with Crippen molar-refractivity contribution in [3.05, 3.63) is 114 Å². The fourth-order valence-electron chi connectivity index (χ4n) is 5.38. The van der Waals surface area contributed by atoms with Gasteiger partial charge in [0.25, 0.3) is 17.2 Å². The number of aromatic nitrogens is 2. The summed E-state index contributed by atoms with van der Waals surface area (Å²) in [5.74, 6) is -2.72. The van der Waals surface area contributed by atoms with Crippen molar-refractivity contribution in [2.75, 3.05) is 5.01 Å². The fraction of sp³-hybridized carbons (Fsp3) is 0.258. The van der Waals surface area contributed by atoms with Crippen molar-refractivity contribution >= 4 is 23.0 Å². The Morgan fingerprint density at radius 3 is 2.10 bits per heavy atom. The van der Waals surface area contributed by atoms with Crippen LogP contribution in [0.25, 0.3) is 5.69 Å². The quantitative estimate of drug-likeness (QED) is 0.240. The van der Waals surface area contributed by atoms with Crippen molar-refractivity contribution in [2.24, 2.45) is 11.0 Å². The number of nitro benzene ring substituents is 1. The highest BCUT2D eigenvalue weighted by Gasteiger charge is 2.45. The van der Waals surface area contributed by atoms with Crippen LogP contribution in [-0.4, -0.2) is 31.4 Å². The van der Waals surface area contributed by atoms with Crippen LogP contribution in [0.2, 0.25) is 0 Å². The predicted octanol–water partition coefficient (Wildman–Crippen LogP) is 5.49. The summed E-state index contributed by atoms with van der Waals surface area (Å²) in [5, 5.41) is 31.7. The normalized spacial score (nSPS) is 15.8. The van der Waals surface area contributed by atoms with Crippen LogP contribution < -0.4 is 10.6 Å². The minimum atomic E-state index is -1.06. The van der Waals surface area contributed by atoms with E-state index in [1.807, 2.05) is 58.0 Å². The number of hydrogen-bond donors (Lipinski definition) is 2. The number of non-ortho nitro benzene ring substituents is 1. The van der Waals surface area contributed by atoms with E-state index < -0.39 is 28.2 Å². The number of phenolic OH excluding ortho intramolecular Hbond substituents is 1. The number of anilines is 1. The molecule has 0 saturated heterocycles. The molecule has 0 saturated carbocycles. The van der Waals surface area contributed by atoms with Gasteiger partial charge in [0, 0.05) is 40.6 Å². The van der Waals surface area contributed by atoms with Crippen molar-refractivity contribution in [3.63, 3.8) is 0 Å². The van der Waals surface area contributed by atoms with Gasteiger partial charge in [0.05, 0.1) is 22.2 Å². The second-order valence-corrected chi connectivity index (χ2v) is 10.7. The molecule has 1 aromatic heterocycles. The molecule has 210 valence electrons. The van der Waals surface area contributed by atoms with Gasteiger partial charge >= 0.3 is 0 Å². The summed E-state index contributed by atoms with van der Waals surface area (Å²) in [6.45, 7) is 11.2. The highest BCUT2D eigenvalue weighted by Crippen LogP contribution is 2.43. The van der Waals surface area contributed by atoms with Crippen molar-refractivity contribution < 1.29 is 14.8 Å². The maximum absolute atomic E-state index is 14.1. The molecule has 5 rings (SSSR count). The molecule has 2 N–H and O–H groups in total. The van der Waals surface area contributed by atoms with Gasteiger partial charge < -0.3 is 5.11 Å². The molecule has 2 unspecified atom stereocenters. The highest BCUT2D eigenvalue weighted by atomic mass is 16.6. The first-order valence-electron chi connectivity index (χ1n) is 13.2. The molecule has 3 aromatic carbocycles. The summed E-state index contributed by atoms with van der Waals surface area (Å²) < 4.78 is 1.39. The zero-order valence-corrected chi connectivity index (χ0v) is 23.7. The molecule has 1 aliphatic heterocycles. The second-order valence-electron chi connectivity index (χ2n) is 10.7. The van der Waals surface area contributed by atoms with Crippen LogP contribution in [0.4, 0.5) is 11.4 Å². The Labute approximate surface area is 236 Å². The average Bonchev–Trinajstić information content (AvgIpc) is 3.38. The number of nitrogens with zero attached hydrogens (tertiary/aromatic N) is 4. The molecule has 10 nitrogen and oxygen atoms in total. The number of aromatic hydroxyl groups is 1. The lowest BCUT2D eigenvalue weighted by Crippen LogP contribution is -2.34. The summed E-state index contributed by atoms with van der Waals surface area (Å²) in [5.41, 5.74) is 5.79. The Bertz CT molecular complexity index is 1820. The van der Waals surface area contributed by atoms with Crippen molar-refractivity contribution in [2.45, 2.75) is 47.5 Å². The Hall–Kier alpha value is -4.99. The topological polar surface area (TPSA) is 134 Å². The number of H-pyrrole nitrogens is 1. The number of nitrogens with one attached hydrogen (secondary N) is 1. The minimum Gasteiger partial charge on any atom is -0.508 e. The molecule has 1 aliphatic rings. The van der Waals surface area contributed by atoms with Crippen molar-refractivity contribution in [1.29, 1.82) is 0 Å². The minimum absolute atomic E-state index is 0.0977. The first-order valence-corrected chi connectivity index (χ1v) is 13.2. The van der Waals surface area contributed by atoms with E-state index in [9.17, 15) is 24.8 Å². The van der Waals surface area contributed by atoms with Gasteiger partial charge in [0.15, 0.2) is 0 Å². The second kappa shape index (κ2) is 10.2. The molecular formula is C31H31N5O5. The zero-order valence-electron chi connectivity index (χ0n) is 23.7. The van der Waals surface area contributed by atoms with E-state index in [0.29, 0.717) is 22.8 Å². The first-order chi connectivity index (χ1) is 19.4. The van der Waals surface area contributed by atoms with Gasteiger partial charge in [-0.2, -0.15) is 5.10 Å². The molecular weight excluding hydrogens is 522 g/mol. The van der Waals surface area contributed by atoms with E-state index in [4.69, 9.17) is 0 Å². The monoisotopic (exact) mass is 553 g/mol. The van der Waals surface area contributed by atoms with Crippen LogP contribution in [0.15, 0.2) is 64.5 Å². The number of hydrogen-bond acceptors (Lipinski definition) is 6. The Morgan fingerprint density at radius 1 is 0.878 bits per heavy atom. The fourth-order valence-corrected chi connectivity index (χ4v) is 5.38. The highest BCUT2D eigenvalue weighted by molar-refractivity contribution is 6.15. The lowest BCUT2D eigenvalue weighted by molar-refractivity contribution is -0.385. The number of benzene rings is 3. The third kappa shape index (κ3) is 4.71. The molecule has 0 fully saturated rings. The SMILES string of the molecule is CC1=NN(c2ccc(C)c(C)c2)C(=O)C1C(c1cc([N+](=O)[O-])ccc1O)c1c(C)[nH]n(-c2ccc(C)c(C)c2)c1=O. The zero-order chi connectivity index (χ0) is 29.7. The molecule has 0 spiro atoms. The van der Waals surface area contributed by atoms with Gasteiger partial charge in [0.1, 0.15) is 5.75 Å². The summed E-state index contributed by atoms with van der Waals surface area (Å²) in [6, 6.07) is 14.8. The first kappa shape index (κ1) is 27.6. The molecule has 4 aromatic rings. The van der Waals surface area contributed by atoms with E-state index in [1.54, 1.807) is 19.9 Å². The molecule has 41 heavy (non-hydrogen) atoms. The Kier molecular flexibility index (Phi) is 6.86. The largest absolute Gasteiger partial charge is 0.508 e. The summed E-state index contributed by atoms with van der Waals surface area (Å²) >= 11 is 0. The Balaban J connectivity index is 1.72. The lowest BCUT2D eigenvalue weighted by Gasteiger charge is -2.24. The summed E-state index contributed by atoms with van der Waals surface area (Å²) in [7, 11) is 0. The van der Waals surface area contributed by atoms with E-state index in [0.717, 1.165) is 22.3 Å². The van der Waals surface area contributed by atoms with Gasteiger partial charge in [-0.1, -0.05) is 12.1 Å². The number of hydrazone groups is 1. The van der Waals surface area contributed by atoms with Crippen LogP contribution in [0.1, 0.15) is 51.9 Å². The average molecular weight is 554 g/mol. The van der Waals surface area contributed by atoms with Crippen LogP contribution in [0, 0.1) is 50.7 Å². The molecule has 0 radical (unpaired) electrons. The standard InChI is InChI=1S/C31H31N5O5/c1-16-7-9-22(13-18(16)3)34-30(38)27(20(5)32-34)29(25-15-24(36(40)41)11-12-26(25)37)28-21(6)33-35(31(28)39)23-10-8-17(2)19(4)14-23/h7-15,27,29,33,37H,1-6H3. The van der Waals surface area contributed by atoms with E-state index in [2.05, 4.69) is 10.2 Å². The van der Waals surface area contributed by atoms with Crippen LogP contribution in [0.3, 0.4) is 0 Å². The number of carbonyl (C=O) groups excluding carboxylic acids is 1. The summed E-state index contributed by atoms with van der Waals surface area (Å²) in [6.07, 6.45) is 0. The number of nitro groups is 1. The number of carbonyl (C=O) groups is 1. The van der Waals surface area contributed by atoms with Gasteiger partial charge in [-0.15, -0.1) is 0 Å². The predicted molar refractivity (Wildman–Crippen MR) is 157 cm³/mol. The maximum Gasteiger partial charge on any atom is 0.275 e. The molecule has 0 bridgehead atoms. The van der Waals surface area contributed by atoms with Gasteiger partial charge in [0.2, 0.25) is 0 Å². The smallest absolute Gasteiger partial charge is 0.275 e. The molecule has 10 heteroatoms. The molecule has 2 atom stereocenters. The van der Waals surface area contributed by atoms with E-state index >= 15 is 0 Å². The number of aromatic amines is 1. The van der Waals surface area contributed by atoms with E-state index in [-0.39, 0.29) is 22.6 Å². The molecule has 2 heterocycles. The lowest BCUT2D eigenvalue weighted by atomic mass is 9.78. The maximum atomic E-state index is 14.1.